The number of amides is 1. The standard InChI is InChI=1S/C19H23ClN4O3S/c1-6-16-18(22-13(4)20)24(12(2)3)19(25)17(23-16)21-11-14-7-9-15(10-8-14)28(5,26)27/h6-10,12H,4,11H2,1-3,5H3,(H,21,23)/b16-6+,22-18?. The van der Waals surface area contributed by atoms with E-state index in [1.165, 1.54) is 17.0 Å². The molecule has 1 fully saturated rings. The number of aliphatic imine (C=N–C) groups is 2. The average Bonchev–Trinajstić information content (AvgIpc) is 2.60. The van der Waals surface area contributed by atoms with E-state index in [-0.39, 0.29) is 34.4 Å². The fraction of sp³-hybridized carbons (Fsp3) is 0.316. The summed E-state index contributed by atoms with van der Waals surface area (Å²) >= 11 is 5.83. The maximum atomic E-state index is 12.9. The number of hydrogen-bond donors (Lipinski definition) is 1. The number of sulfone groups is 1. The number of nitrogens with one attached hydrogen (secondary N) is 1. The van der Waals surface area contributed by atoms with E-state index in [0.717, 1.165) is 11.8 Å². The normalized spacial score (nSPS) is 19.6. The van der Waals surface area contributed by atoms with Crippen molar-refractivity contribution in [3.05, 3.63) is 53.3 Å². The Morgan fingerprint density at radius 3 is 2.39 bits per heavy atom. The third kappa shape index (κ3) is 5.08. The first kappa shape index (κ1) is 21.8. The molecule has 1 aliphatic heterocycles. The van der Waals surface area contributed by atoms with Crippen LogP contribution in [0.15, 0.2) is 62.7 Å². The predicted molar refractivity (Wildman–Crippen MR) is 112 cm³/mol. The molecule has 0 saturated carbocycles. The monoisotopic (exact) mass is 422 g/mol. The van der Waals surface area contributed by atoms with Crippen LogP contribution >= 0.6 is 11.6 Å². The number of benzene rings is 1. The smallest absolute Gasteiger partial charge is 0.295 e. The zero-order valence-electron chi connectivity index (χ0n) is 16.2. The molecule has 1 heterocycles. The number of hydrogen-bond acceptors (Lipinski definition) is 5. The second-order valence-electron chi connectivity index (χ2n) is 6.49. The summed E-state index contributed by atoms with van der Waals surface area (Å²) in [4.78, 5) is 23.2. The average molecular weight is 423 g/mol. The van der Waals surface area contributed by atoms with Crippen LogP contribution in [0.3, 0.4) is 0 Å². The molecule has 0 atom stereocenters. The van der Waals surface area contributed by atoms with Gasteiger partial charge in [0.05, 0.1) is 17.1 Å². The number of nitrogens with zero attached hydrogens (tertiary/aromatic N) is 3. The van der Waals surface area contributed by atoms with E-state index >= 15 is 0 Å². The Bertz CT molecular complexity index is 977. The van der Waals surface area contributed by atoms with Crippen LogP contribution in [0.5, 0.6) is 0 Å². The lowest BCUT2D eigenvalue weighted by molar-refractivity contribution is -0.122. The van der Waals surface area contributed by atoms with Crippen molar-refractivity contribution < 1.29 is 13.2 Å². The molecule has 1 aromatic carbocycles. The Balaban J connectivity index is 2.33. The summed E-state index contributed by atoms with van der Waals surface area (Å²) in [5, 5.41) is 3.06. The van der Waals surface area contributed by atoms with Gasteiger partial charge in [-0.25, -0.2) is 13.4 Å². The minimum absolute atomic E-state index is 0.0703. The van der Waals surface area contributed by atoms with Crippen molar-refractivity contribution in [3.63, 3.8) is 0 Å². The van der Waals surface area contributed by atoms with Crippen LogP contribution in [0.4, 0.5) is 0 Å². The molecule has 0 unspecified atom stereocenters. The lowest BCUT2D eigenvalue weighted by atomic mass is 10.2. The van der Waals surface area contributed by atoms with Crippen molar-refractivity contribution in [2.75, 3.05) is 6.26 Å². The number of allylic oxidation sites excluding steroid dienone is 1. The van der Waals surface area contributed by atoms with Crippen molar-refractivity contribution in [1.82, 2.24) is 10.2 Å². The first-order valence-electron chi connectivity index (χ1n) is 8.58. The Kier molecular flexibility index (Phi) is 6.79. The van der Waals surface area contributed by atoms with Crippen LogP contribution in [0.2, 0.25) is 0 Å². The van der Waals surface area contributed by atoms with Gasteiger partial charge in [0.15, 0.2) is 21.5 Å². The van der Waals surface area contributed by atoms with Gasteiger partial charge in [0, 0.05) is 12.3 Å². The molecule has 1 saturated heterocycles. The van der Waals surface area contributed by atoms with Crippen LogP contribution < -0.4 is 5.32 Å². The van der Waals surface area contributed by atoms with Crippen molar-refractivity contribution in [1.29, 1.82) is 0 Å². The third-order valence-electron chi connectivity index (χ3n) is 3.95. The molecule has 0 spiro atoms. The molecule has 9 heteroatoms. The van der Waals surface area contributed by atoms with E-state index in [1.807, 2.05) is 20.8 Å². The highest BCUT2D eigenvalue weighted by Crippen LogP contribution is 2.17. The Morgan fingerprint density at radius 2 is 1.93 bits per heavy atom. The predicted octanol–water partition coefficient (Wildman–Crippen LogP) is 2.84. The summed E-state index contributed by atoms with van der Waals surface area (Å²) in [6.07, 6.45) is 2.93. The molecule has 0 bridgehead atoms. The second kappa shape index (κ2) is 8.70. The van der Waals surface area contributed by atoms with Gasteiger partial charge in [-0.05, 0) is 38.5 Å². The lowest BCUT2D eigenvalue weighted by Crippen LogP contribution is -2.56. The first-order valence-corrected chi connectivity index (χ1v) is 10.8. The maximum Gasteiger partial charge on any atom is 0.295 e. The minimum Gasteiger partial charge on any atom is -0.333 e. The van der Waals surface area contributed by atoms with E-state index in [9.17, 15) is 13.2 Å². The van der Waals surface area contributed by atoms with Gasteiger partial charge in [0.1, 0.15) is 5.16 Å². The molecule has 1 aliphatic rings. The fourth-order valence-electron chi connectivity index (χ4n) is 2.61. The summed E-state index contributed by atoms with van der Waals surface area (Å²) in [6, 6.07) is 6.23. The fourth-order valence-corrected chi connectivity index (χ4v) is 3.32. The Morgan fingerprint density at radius 1 is 1.32 bits per heavy atom. The largest absolute Gasteiger partial charge is 0.333 e. The zero-order valence-corrected chi connectivity index (χ0v) is 17.8. The van der Waals surface area contributed by atoms with Crippen molar-refractivity contribution in [2.24, 2.45) is 9.98 Å². The third-order valence-corrected chi connectivity index (χ3v) is 5.16. The van der Waals surface area contributed by atoms with Gasteiger partial charge in [0.2, 0.25) is 0 Å². The van der Waals surface area contributed by atoms with Gasteiger partial charge < -0.3 is 5.32 Å². The highest BCUT2D eigenvalue weighted by Gasteiger charge is 2.34. The molecule has 1 amide bonds. The summed E-state index contributed by atoms with van der Waals surface area (Å²) in [5.74, 6) is 0.233. The molecule has 28 heavy (non-hydrogen) atoms. The van der Waals surface area contributed by atoms with Gasteiger partial charge >= 0.3 is 0 Å². The van der Waals surface area contributed by atoms with E-state index in [2.05, 4.69) is 21.9 Å². The summed E-state index contributed by atoms with van der Waals surface area (Å²) in [6.45, 7) is 9.33. The highest BCUT2D eigenvalue weighted by molar-refractivity contribution is 7.90. The van der Waals surface area contributed by atoms with Crippen molar-refractivity contribution in [2.45, 2.75) is 38.3 Å². The number of halogens is 1. The maximum absolute atomic E-state index is 12.9. The molecule has 7 nitrogen and oxygen atoms in total. The molecule has 0 aliphatic carbocycles. The zero-order chi connectivity index (χ0) is 21.1. The molecule has 1 aromatic rings. The molecule has 150 valence electrons. The first-order chi connectivity index (χ1) is 13.0. The van der Waals surface area contributed by atoms with Gasteiger partial charge in [-0.3, -0.25) is 14.7 Å². The second-order valence-corrected chi connectivity index (χ2v) is 8.94. The van der Waals surface area contributed by atoms with Gasteiger partial charge in [-0.15, -0.1) is 0 Å². The van der Waals surface area contributed by atoms with Crippen LogP contribution in [0, 0.1) is 0 Å². The molecule has 0 radical (unpaired) electrons. The molecule has 1 N–H and O–H groups in total. The molecular weight excluding hydrogens is 400 g/mol. The highest BCUT2D eigenvalue weighted by atomic mass is 35.5. The Labute approximate surface area is 170 Å². The van der Waals surface area contributed by atoms with Crippen molar-refractivity contribution >= 4 is 39.0 Å². The summed E-state index contributed by atoms with van der Waals surface area (Å²) < 4.78 is 23.1. The van der Waals surface area contributed by atoms with E-state index in [4.69, 9.17) is 11.6 Å². The van der Waals surface area contributed by atoms with Gasteiger partial charge in [-0.2, -0.15) is 0 Å². The molecule has 2 rings (SSSR count). The van der Waals surface area contributed by atoms with Crippen LogP contribution in [0.1, 0.15) is 26.3 Å². The number of carbonyl (C=O) groups is 1. The van der Waals surface area contributed by atoms with Crippen LogP contribution in [0.25, 0.3) is 0 Å². The van der Waals surface area contributed by atoms with Crippen LogP contribution in [-0.2, 0) is 21.2 Å². The molecule has 0 aromatic heterocycles. The quantitative estimate of drug-likeness (QED) is 0.738. The summed E-state index contributed by atoms with van der Waals surface area (Å²) in [7, 11) is -3.25. The van der Waals surface area contributed by atoms with Gasteiger partial charge in [0.25, 0.3) is 5.91 Å². The molecular formula is C19H23ClN4O3S. The van der Waals surface area contributed by atoms with E-state index in [1.54, 1.807) is 18.2 Å². The van der Waals surface area contributed by atoms with Crippen LogP contribution in [-0.4, -0.2) is 43.2 Å². The minimum atomic E-state index is -3.25. The number of carbonyl (C=O) groups excluding carboxylic acids is 1. The number of piperazine rings is 1. The Hall–Kier alpha value is -2.45. The van der Waals surface area contributed by atoms with E-state index < -0.39 is 9.84 Å². The number of amidine groups is 2. The lowest BCUT2D eigenvalue weighted by Gasteiger charge is -2.34. The van der Waals surface area contributed by atoms with Crippen molar-refractivity contribution in [3.8, 4) is 0 Å². The topological polar surface area (TPSA) is 91.2 Å². The summed E-state index contributed by atoms with van der Waals surface area (Å²) in [5.41, 5.74) is 1.38. The van der Waals surface area contributed by atoms with E-state index in [0.29, 0.717) is 11.5 Å². The van der Waals surface area contributed by atoms with Gasteiger partial charge in [-0.1, -0.05) is 36.4 Å². The SMILES string of the molecule is C=C(Cl)N=C1/C(=C\C)NC(=NCc2ccc(S(C)(=O)=O)cc2)C(=O)N1C(C)C. The number of rotatable bonds is 5.